The third-order valence-corrected chi connectivity index (χ3v) is 3.99. The number of carbonyl (C=O) groups excluding carboxylic acids is 2. The van der Waals surface area contributed by atoms with Gasteiger partial charge in [-0.05, 0) is 30.3 Å². The Balaban J connectivity index is 1.55. The molecule has 0 aliphatic carbocycles. The fraction of sp³-hybridized carbons (Fsp3) is 0.0556. The SMILES string of the molecule is O=C(COc1ccc(Br)cc1F)NNC(=O)c1nn(-c2ccccc2)cc1O. The molecular formula is C18H14BrFN4O4. The molecule has 0 saturated carbocycles. The summed E-state index contributed by atoms with van der Waals surface area (Å²) in [4.78, 5) is 23.9. The number of rotatable bonds is 5. The van der Waals surface area contributed by atoms with E-state index in [2.05, 4.69) is 31.9 Å². The van der Waals surface area contributed by atoms with E-state index in [1.54, 1.807) is 30.3 Å². The number of halogens is 2. The predicted molar refractivity (Wildman–Crippen MR) is 100 cm³/mol. The summed E-state index contributed by atoms with van der Waals surface area (Å²) in [6, 6.07) is 13.0. The first-order valence-electron chi connectivity index (χ1n) is 7.95. The molecule has 0 bridgehead atoms. The first-order chi connectivity index (χ1) is 13.4. The van der Waals surface area contributed by atoms with Crippen molar-refractivity contribution in [2.45, 2.75) is 0 Å². The number of aromatic nitrogens is 2. The first kappa shape index (κ1) is 19.4. The molecule has 8 nitrogen and oxygen atoms in total. The van der Waals surface area contributed by atoms with Crippen molar-refractivity contribution in [1.29, 1.82) is 0 Å². The summed E-state index contributed by atoms with van der Waals surface area (Å²) >= 11 is 3.11. The third-order valence-electron chi connectivity index (χ3n) is 3.50. The Morgan fingerprint density at radius 3 is 2.64 bits per heavy atom. The molecule has 2 amide bonds. The molecule has 28 heavy (non-hydrogen) atoms. The van der Waals surface area contributed by atoms with Crippen LogP contribution in [0.15, 0.2) is 59.2 Å². The quantitative estimate of drug-likeness (QED) is 0.519. The van der Waals surface area contributed by atoms with E-state index in [-0.39, 0.29) is 17.2 Å². The van der Waals surface area contributed by atoms with Crippen LogP contribution in [0.3, 0.4) is 0 Å². The molecule has 1 heterocycles. The predicted octanol–water partition coefficient (Wildman–Crippen LogP) is 2.32. The van der Waals surface area contributed by atoms with Gasteiger partial charge in [0.15, 0.2) is 29.6 Å². The summed E-state index contributed by atoms with van der Waals surface area (Å²) in [6.45, 7) is -0.525. The van der Waals surface area contributed by atoms with E-state index in [0.717, 1.165) is 0 Å². The Morgan fingerprint density at radius 2 is 1.93 bits per heavy atom. The lowest BCUT2D eigenvalue weighted by Gasteiger charge is -2.09. The van der Waals surface area contributed by atoms with Crippen molar-refractivity contribution in [2.75, 3.05) is 6.61 Å². The minimum Gasteiger partial charge on any atom is -0.504 e. The summed E-state index contributed by atoms with van der Waals surface area (Å²) in [5.74, 6) is -2.65. The van der Waals surface area contributed by atoms with E-state index in [0.29, 0.717) is 10.2 Å². The van der Waals surface area contributed by atoms with Crippen LogP contribution < -0.4 is 15.6 Å². The van der Waals surface area contributed by atoms with Gasteiger partial charge in [0, 0.05) is 4.47 Å². The molecule has 144 valence electrons. The van der Waals surface area contributed by atoms with Crippen molar-refractivity contribution in [3.63, 3.8) is 0 Å². The van der Waals surface area contributed by atoms with Crippen molar-refractivity contribution in [1.82, 2.24) is 20.6 Å². The zero-order chi connectivity index (χ0) is 20.1. The van der Waals surface area contributed by atoms with Crippen LogP contribution in [0.4, 0.5) is 4.39 Å². The Kier molecular flexibility index (Phi) is 5.90. The summed E-state index contributed by atoms with van der Waals surface area (Å²) < 4.78 is 20.5. The molecule has 0 fully saturated rings. The minimum absolute atomic E-state index is 0.107. The van der Waals surface area contributed by atoms with Crippen LogP contribution in [-0.4, -0.2) is 33.3 Å². The third kappa shape index (κ3) is 4.65. The standard InChI is InChI=1S/C18H14BrFN4O4/c19-11-6-7-15(13(20)8-11)28-10-16(26)21-22-18(27)17-14(25)9-24(23-17)12-4-2-1-3-5-12/h1-9,25H,10H2,(H,21,26)(H,22,27). The van der Waals surface area contributed by atoms with E-state index >= 15 is 0 Å². The van der Waals surface area contributed by atoms with E-state index in [1.807, 2.05) is 6.07 Å². The van der Waals surface area contributed by atoms with Crippen LogP contribution in [0.2, 0.25) is 0 Å². The van der Waals surface area contributed by atoms with E-state index in [9.17, 15) is 19.1 Å². The second-order valence-corrected chi connectivity index (χ2v) is 6.42. The number of hydrogen-bond acceptors (Lipinski definition) is 5. The van der Waals surface area contributed by atoms with E-state index in [1.165, 1.54) is 23.0 Å². The number of carbonyl (C=O) groups is 2. The molecule has 0 unspecified atom stereocenters. The highest BCUT2D eigenvalue weighted by Crippen LogP contribution is 2.21. The molecule has 2 aromatic carbocycles. The Labute approximate surface area is 167 Å². The van der Waals surface area contributed by atoms with Gasteiger partial charge < -0.3 is 9.84 Å². The molecule has 3 N–H and O–H groups in total. The summed E-state index contributed by atoms with van der Waals surface area (Å²) in [6.07, 6.45) is 1.27. The van der Waals surface area contributed by atoms with Crippen molar-refractivity contribution >= 4 is 27.7 Å². The molecule has 0 aliphatic rings. The number of nitrogens with one attached hydrogen (secondary N) is 2. The Hall–Kier alpha value is -3.40. The summed E-state index contributed by atoms with van der Waals surface area (Å²) in [5, 5.41) is 13.9. The highest BCUT2D eigenvalue weighted by Gasteiger charge is 2.18. The van der Waals surface area contributed by atoms with E-state index < -0.39 is 24.2 Å². The number of hydrogen-bond donors (Lipinski definition) is 3. The van der Waals surface area contributed by atoms with Crippen molar-refractivity contribution in [3.8, 4) is 17.2 Å². The normalized spacial score (nSPS) is 10.4. The Morgan fingerprint density at radius 1 is 1.18 bits per heavy atom. The molecule has 1 aromatic heterocycles. The lowest BCUT2D eigenvalue weighted by Crippen LogP contribution is -2.44. The van der Waals surface area contributed by atoms with Gasteiger partial charge >= 0.3 is 0 Å². The van der Waals surface area contributed by atoms with Gasteiger partial charge in [0.25, 0.3) is 11.8 Å². The van der Waals surface area contributed by atoms with Gasteiger partial charge in [0.05, 0.1) is 11.9 Å². The fourth-order valence-electron chi connectivity index (χ4n) is 2.20. The highest BCUT2D eigenvalue weighted by atomic mass is 79.9. The maximum absolute atomic E-state index is 13.6. The number of aromatic hydroxyl groups is 1. The monoisotopic (exact) mass is 448 g/mol. The second kappa shape index (κ2) is 8.53. The van der Waals surface area contributed by atoms with Crippen LogP contribution in [0, 0.1) is 5.82 Å². The zero-order valence-electron chi connectivity index (χ0n) is 14.2. The molecule has 10 heteroatoms. The molecule has 0 aliphatic heterocycles. The van der Waals surface area contributed by atoms with Crippen LogP contribution in [0.25, 0.3) is 5.69 Å². The maximum Gasteiger partial charge on any atom is 0.294 e. The fourth-order valence-corrected chi connectivity index (χ4v) is 2.53. The average molecular weight is 449 g/mol. The first-order valence-corrected chi connectivity index (χ1v) is 8.74. The van der Waals surface area contributed by atoms with Crippen LogP contribution in [0.1, 0.15) is 10.5 Å². The van der Waals surface area contributed by atoms with E-state index in [4.69, 9.17) is 4.74 Å². The van der Waals surface area contributed by atoms with Gasteiger partial charge in [-0.1, -0.05) is 34.1 Å². The molecule has 0 saturated heterocycles. The number of para-hydroxylation sites is 1. The Bertz CT molecular complexity index is 1010. The van der Waals surface area contributed by atoms with Gasteiger partial charge in [-0.25, -0.2) is 9.07 Å². The van der Waals surface area contributed by atoms with Crippen molar-refractivity contribution < 1.29 is 23.8 Å². The van der Waals surface area contributed by atoms with Gasteiger partial charge in [-0.15, -0.1) is 0 Å². The van der Waals surface area contributed by atoms with Crippen molar-refractivity contribution in [3.05, 3.63) is 70.7 Å². The maximum atomic E-state index is 13.6. The summed E-state index contributed by atoms with van der Waals surface area (Å²) in [5.41, 5.74) is 4.58. The average Bonchev–Trinajstić information content (AvgIpc) is 3.08. The van der Waals surface area contributed by atoms with Gasteiger partial charge in [-0.3, -0.25) is 20.4 Å². The minimum atomic E-state index is -0.824. The smallest absolute Gasteiger partial charge is 0.294 e. The van der Waals surface area contributed by atoms with Crippen molar-refractivity contribution in [2.24, 2.45) is 0 Å². The van der Waals surface area contributed by atoms with Gasteiger partial charge in [0.2, 0.25) is 0 Å². The topological polar surface area (TPSA) is 105 Å². The molecule has 3 aromatic rings. The number of amides is 2. The largest absolute Gasteiger partial charge is 0.504 e. The van der Waals surface area contributed by atoms with Gasteiger partial charge in [0.1, 0.15) is 0 Å². The van der Waals surface area contributed by atoms with Crippen LogP contribution in [0.5, 0.6) is 11.5 Å². The molecule has 3 rings (SSSR count). The summed E-state index contributed by atoms with van der Waals surface area (Å²) in [7, 11) is 0. The number of benzene rings is 2. The van der Waals surface area contributed by atoms with Crippen LogP contribution in [-0.2, 0) is 4.79 Å². The molecule has 0 radical (unpaired) electrons. The number of ether oxygens (including phenoxy) is 1. The zero-order valence-corrected chi connectivity index (χ0v) is 15.8. The van der Waals surface area contributed by atoms with Crippen LogP contribution >= 0.6 is 15.9 Å². The second-order valence-electron chi connectivity index (χ2n) is 5.51. The lowest BCUT2D eigenvalue weighted by atomic mass is 10.3. The lowest BCUT2D eigenvalue weighted by molar-refractivity contribution is -0.123. The highest BCUT2D eigenvalue weighted by molar-refractivity contribution is 9.10. The molecular weight excluding hydrogens is 435 g/mol. The number of nitrogens with zero attached hydrogens (tertiary/aromatic N) is 2. The van der Waals surface area contributed by atoms with Gasteiger partial charge in [-0.2, -0.15) is 5.10 Å². The number of hydrazine groups is 1. The molecule has 0 spiro atoms. The molecule has 0 atom stereocenters.